The topological polar surface area (TPSA) is 84.7 Å². The molecule has 1 aliphatic rings. The predicted molar refractivity (Wildman–Crippen MR) is 101 cm³/mol. The van der Waals surface area contributed by atoms with Crippen molar-refractivity contribution in [1.82, 2.24) is 4.90 Å². The number of rotatable bonds is 9. The quantitative estimate of drug-likeness (QED) is 0.534. The number of carbonyl (C=O) groups is 1. The molecule has 1 aliphatic carbocycles. The lowest BCUT2D eigenvalue weighted by atomic mass is 10.2. The standard InChI is InChI=1S/C18H21N3O4S/c1-25-17-5-4-15(21(23)24)10-16(17)19-18(22)6-8-20(14-2-3-14)11-13-7-9-26-12-13/h4-5,7,9-10,12,14H,2-3,6,8,11H2,1H3,(H,19,22). The molecule has 7 nitrogen and oxygen atoms in total. The fourth-order valence-electron chi connectivity index (χ4n) is 2.81. The van der Waals surface area contributed by atoms with Gasteiger partial charge in [0.25, 0.3) is 5.69 Å². The minimum absolute atomic E-state index is 0.0850. The number of nitro groups is 1. The number of non-ortho nitro benzene ring substituents is 1. The SMILES string of the molecule is COc1ccc([N+](=O)[O-])cc1NC(=O)CCN(Cc1ccsc1)C1CC1. The third kappa shape index (κ3) is 4.80. The van der Waals surface area contributed by atoms with E-state index in [-0.39, 0.29) is 11.6 Å². The van der Waals surface area contributed by atoms with Crippen LogP contribution in [0.5, 0.6) is 5.75 Å². The molecular weight excluding hydrogens is 354 g/mol. The van der Waals surface area contributed by atoms with Crippen LogP contribution in [0.1, 0.15) is 24.8 Å². The molecule has 0 unspecified atom stereocenters. The number of carbonyl (C=O) groups excluding carboxylic acids is 1. The molecule has 1 amide bonds. The Morgan fingerprint density at radius 3 is 2.85 bits per heavy atom. The summed E-state index contributed by atoms with van der Waals surface area (Å²) in [6.07, 6.45) is 2.67. The second-order valence-electron chi connectivity index (χ2n) is 6.27. The molecule has 138 valence electrons. The average molecular weight is 375 g/mol. The smallest absolute Gasteiger partial charge is 0.271 e. The molecule has 1 N–H and O–H groups in total. The van der Waals surface area contributed by atoms with Gasteiger partial charge in [0.05, 0.1) is 17.7 Å². The van der Waals surface area contributed by atoms with E-state index in [2.05, 4.69) is 27.0 Å². The first-order chi connectivity index (χ1) is 12.6. The summed E-state index contributed by atoms with van der Waals surface area (Å²) in [5.74, 6) is 0.223. The number of nitrogens with zero attached hydrogens (tertiary/aromatic N) is 2. The van der Waals surface area contributed by atoms with Crippen LogP contribution >= 0.6 is 11.3 Å². The van der Waals surface area contributed by atoms with Crippen LogP contribution in [-0.4, -0.2) is 35.4 Å². The summed E-state index contributed by atoms with van der Waals surface area (Å²) in [4.78, 5) is 25.1. The molecule has 0 atom stereocenters. The molecule has 1 heterocycles. The van der Waals surface area contributed by atoms with Crippen molar-refractivity contribution in [3.8, 4) is 5.75 Å². The monoisotopic (exact) mass is 375 g/mol. The molecule has 8 heteroatoms. The molecular formula is C18H21N3O4S. The molecule has 0 radical (unpaired) electrons. The van der Waals surface area contributed by atoms with E-state index < -0.39 is 4.92 Å². The number of nitro benzene ring substituents is 1. The normalized spacial score (nSPS) is 13.6. The van der Waals surface area contributed by atoms with Gasteiger partial charge in [-0.15, -0.1) is 0 Å². The highest BCUT2D eigenvalue weighted by atomic mass is 32.1. The average Bonchev–Trinajstić information content (AvgIpc) is 3.35. The summed E-state index contributed by atoms with van der Waals surface area (Å²) in [7, 11) is 1.46. The first-order valence-electron chi connectivity index (χ1n) is 8.44. The van der Waals surface area contributed by atoms with Gasteiger partial charge in [-0.25, -0.2) is 0 Å². The van der Waals surface area contributed by atoms with Crippen molar-refractivity contribution >= 4 is 28.6 Å². The van der Waals surface area contributed by atoms with E-state index in [9.17, 15) is 14.9 Å². The van der Waals surface area contributed by atoms with Gasteiger partial charge in [0, 0.05) is 37.7 Å². The Kier molecular flexibility index (Phi) is 5.85. The van der Waals surface area contributed by atoms with E-state index in [4.69, 9.17) is 4.74 Å². The highest BCUT2D eigenvalue weighted by Crippen LogP contribution is 2.30. The number of amides is 1. The number of nitrogens with one attached hydrogen (secondary N) is 1. The number of thiophene rings is 1. The van der Waals surface area contributed by atoms with Crippen molar-refractivity contribution in [3.63, 3.8) is 0 Å². The van der Waals surface area contributed by atoms with Crippen LogP contribution in [0, 0.1) is 10.1 Å². The second kappa shape index (κ2) is 8.29. The molecule has 0 bridgehead atoms. The maximum Gasteiger partial charge on any atom is 0.271 e. The van der Waals surface area contributed by atoms with Gasteiger partial charge >= 0.3 is 0 Å². The number of hydrogen-bond acceptors (Lipinski definition) is 6. The minimum atomic E-state index is -0.495. The second-order valence-corrected chi connectivity index (χ2v) is 7.05. The van der Waals surface area contributed by atoms with Gasteiger partial charge in [-0.2, -0.15) is 11.3 Å². The number of methoxy groups -OCH3 is 1. The molecule has 0 saturated heterocycles. The minimum Gasteiger partial charge on any atom is -0.495 e. The summed E-state index contributed by atoms with van der Waals surface area (Å²) >= 11 is 1.67. The summed E-state index contributed by atoms with van der Waals surface area (Å²) in [5.41, 5.74) is 1.50. The molecule has 0 aliphatic heterocycles. The zero-order valence-electron chi connectivity index (χ0n) is 14.5. The Bertz CT molecular complexity index is 775. The molecule has 3 rings (SSSR count). The number of benzene rings is 1. The van der Waals surface area contributed by atoms with Crippen LogP contribution in [0.25, 0.3) is 0 Å². The van der Waals surface area contributed by atoms with Crippen molar-refractivity contribution in [2.75, 3.05) is 19.0 Å². The van der Waals surface area contributed by atoms with Crippen LogP contribution in [0.4, 0.5) is 11.4 Å². The number of anilines is 1. The van der Waals surface area contributed by atoms with E-state index in [0.717, 1.165) is 6.54 Å². The fourth-order valence-corrected chi connectivity index (χ4v) is 3.47. The zero-order chi connectivity index (χ0) is 18.5. The van der Waals surface area contributed by atoms with Crippen LogP contribution in [0.2, 0.25) is 0 Å². The van der Waals surface area contributed by atoms with E-state index in [1.807, 2.05) is 0 Å². The first-order valence-corrected chi connectivity index (χ1v) is 9.38. The van der Waals surface area contributed by atoms with Crippen LogP contribution in [-0.2, 0) is 11.3 Å². The van der Waals surface area contributed by atoms with Crippen molar-refractivity contribution < 1.29 is 14.5 Å². The number of ether oxygens (including phenoxy) is 1. The Morgan fingerprint density at radius 1 is 1.42 bits per heavy atom. The van der Waals surface area contributed by atoms with Gasteiger partial charge in [0.2, 0.25) is 5.91 Å². The number of hydrogen-bond donors (Lipinski definition) is 1. The molecule has 0 spiro atoms. The van der Waals surface area contributed by atoms with Gasteiger partial charge in [-0.3, -0.25) is 19.8 Å². The molecule has 1 aromatic heterocycles. The highest BCUT2D eigenvalue weighted by molar-refractivity contribution is 7.07. The lowest BCUT2D eigenvalue weighted by molar-refractivity contribution is -0.384. The molecule has 26 heavy (non-hydrogen) atoms. The van der Waals surface area contributed by atoms with Gasteiger partial charge < -0.3 is 10.1 Å². The van der Waals surface area contributed by atoms with E-state index in [1.165, 1.54) is 43.7 Å². The summed E-state index contributed by atoms with van der Waals surface area (Å²) < 4.78 is 5.18. The molecule has 1 fully saturated rings. The Balaban J connectivity index is 1.59. The van der Waals surface area contributed by atoms with Crippen LogP contribution in [0.3, 0.4) is 0 Å². The summed E-state index contributed by atoms with van der Waals surface area (Å²) in [5, 5.41) is 17.9. The third-order valence-electron chi connectivity index (χ3n) is 4.32. The van der Waals surface area contributed by atoms with Crippen LogP contribution < -0.4 is 10.1 Å². The Morgan fingerprint density at radius 2 is 2.23 bits per heavy atom. The van der Waals surface area contributed by atoms with E-state index >= 15 is 0 Å². The van der Waals surface area contributed by atoms with Gasteiger partial charge in [-0.1, -0.05) is 0 Å². The predicted octanol–water partition coefficient (Wildman–Crippen LogP) is 3.66. The van der Waals surface area contributed by atoms with Crippen molar-refractivity contribution in [1.29, 1.82) is 0 Å². The van der Waals surface area contributed by atoms with Crippen molar-refractivity contribution in [3.05, 3.63) is 50.7 Å². The van der Waals surface area contributed by atoms with Gasteiger partial charge in [-0.05, 0) is 41.3 Å². The lowest BCUT2D eigenvalue weighted by Crippen LogP contribution is -2.29. The maximum atomic E-state index is 12.4. The molecule has 1 saturated carbocycles. The summed E-state index contributed by atoms with van der Waals surface area (Å²) in [6, 6.07) is 6.81. The van der Waals surface area contributed by atoms with Crippen LogP contribution in [0.15, 0.2) is 35.0 Å². The Labute approximate surface area is 155 Å². The van der Waals surface area contributed by atoms with Crippen molar-refractivity contribution in [2.45, 2.75) is 31.8 Å². The van der Waals surface area contributed by atoms with Crippen molar-refractivity contribution in [2.24, 2.45) is 0 Å². The van der Waals surface area contributed by atoms with Gasteiger partial charge in [0.1, 0.15) is 5.75 Å². The fraction of sp³-hybridized carbons (Fsp3) is 0.389. The largest absolute Gasteiger partial charge is 0.495 e. The molecule has 1 aromatic carbocycles. The maximum absolute atomic E-state index is 12.4. The van der Waals surface area contributed by atoms with Gasteiger partial charge in [0.15, 0.2) is 0 Å². The summed E-state index contributed by atoms with van der Waals surface area (Å²) in [6.45, 7) is 1.51. The first kappa shape index (κ1) is 18.3. The Hall–Kier alpha value is -2.45. The van der Waals surface area contributed by atoms with E-state index in [1.54, 1.807) is 11.3 Å². The molecule has 2 aromatic rings. The third-order valence-corrected chi connectivity index (χ3v) is 5.06. The van der Waals surface area contributed by atoms with E-state index in [0.29, 0.717) is 30.4 Å². The highest BCUT2D eigenvalue weighted by Gasteiger charge is 2.29. The zero-order valence-corrected chi connectivity index (χ0v) is 15.3. The lowest BCUT2D eigenvalue weighted by Gasteiger charge is -2.21.